The number of fused-ring (bicyclic) bond motifs is 2. The average Bonchev–Trinajstić information content (AvgIpc) is 2.97. The van der Waals surface area contributed by atoms with Crippen LogP contribution < -0.4 is 10.1 Å². The molecule has 0 fully saturated rings. The lowest BCUT2D eigenvalue weighted by atomic mass is 9.87. The molecule has 4 rings (SSSR count). The van der Waals surface area contributed by atoms with Gasteiger partial charge in [-0.1, -0.05) is 36.4 Å². The van der Waals surface area contributed by atoms with Crippen molar-refractivity contribution in [1.29, 1.82) is 0 Å². The number of aryl methyl sites for hydroxylation is 1. The van der Waals surface area contributed by atoms with Crippen molar-refractivity contribution in [3.63, 3.8) is 0 Å². The van der Waals surface area contributed by atoms with E-state index in [1.165, 1.54) is 0 Å². The topological polar surface area (TPSA) is 64.4 Å². The molecule has 3 aromatic rings. The summed E-state index contributed by atoms with van der Waals surface area (Å²) >= 11 is 0. The third-order valence-electron chi connectivity index (χ3n) is 3.79. The van der Waals surface area contributed by atoms with Gasteiger partial charge in [0.1, 0.15) is 17.3 Å². The summed E-state index contributed by atoms with van der Waals surface area (Å²) in [6.45, 7) is 1.78. The number of ether oxygens (including phenoxy) is 1. The van der Waals surface area contributed by atoms with Crippen LogP contribution in [0.25, 0.3) is 0 Å². The van der Waals surface area contributed by atoms with E-state index in [0.29, 0.717) is 17.3 Å². The second-order valence-corrected chi connectivity index (χ2v) is 5.38. The molecule has 0 spiro atoms. The number of hydrogen-bond donors (Lipinski definition) is 1. The lowest BCUT2D eigenvalue weighted by Crippen LogP contribution is -2.25. The highest BCUT2D eigenvalue weighted by Gasteiger charge is 2.32. The minimum atomic E-state index is -0.469. The molecule has 0 unspecified atom stereocenters. The summed E-state index contributed by atoms with van der Waals surface area (Å²) in [5, 5.41) is 2.74. The first-order chi connectivity index (χ1) is 11.2. The van der Waals surface area contributed by atoms with Crippen molar-refractivity contribution >= 4 is 11.9 Å². The Morgan fingerprint density at radius 2 is 1.65 bits per heavy atom. The van der Waals surface area contributed by atoms with Gasteiger partial charge < -0.3 is 9.15 Å². The summed E-state index contributed by atoms with van der Waals surface area (Å²) in [6, 6.07) is 15.3. The predicted octanol–water partition coefficient (Wildman–Crippen LogP) is 3.86. The molecule has 1 aliphatic rings. The Morgan fingerprint density at radius 1 is 1.04 bits per heavy atom. The number of oxazole rings is 1. The van der Waals surface area contributed by atoms with E-state index >= 15 is 0 Å². The maximum Gasteiger partial charge on any atom is 0.301 e. The van der Waals surface area contributed by atoms with E-state index in [0.717, 1.165) is 11.1 Å². The van der Waals surface area contributed by atoms with Gasteiger partial charge >= 0.3 is 6.01 Å². The number of carbonyl (C=O) groups is 1. The number of nitrogens with one attached hydrogen (secondary N) is 1. The zero-order chi connectivity index (χ0) is 15.8. The van der Waals surface area contributed by atoms with Crippen LogP contribution >= 0.6 is 0 Å². The van der Waals surface area contributed by atoms with Gasteiger partial charge in [0.2, 0.25) is 5.91 Å². The second-order valence-electron chi connectivity index (χ2n) is 5.38. The van der Waals surface area contributed by atoms with Gasteiger partial charge in [-0.05, 0) is 19.1 Å². The number of aromatic nitrogens is 1. The van der Waals surface area contributed by atoms with E-state index < -0.39 is 5.92 Å². The highest BCUT2D eigenvalue weighted by Crippen LogP contribution is 2.44. The number of anilines is 1. The van der Waals surface area contributed by atoms with Crippen LogP contribution in [0.15, 0.2) is 59.1 Å². The number of rotatable bonds is 2. The van der Waals surface area contributed by atoms with Crippen LogP contribution in [0.1, 0.15) is 22.8 Å². The van der Waals surface area contributed by atoms with Gasteiger partial charge in [-0.2, -0.15) is 0 Å². The lowest BCUT2D eigenvalue weighted by Gasteiger charge is -2.26. The van der Waals surface area contributed by atoms with Crippen LogP contribution in [0.2, 0.25) is 0 Å². The van der Waals surface area contributed by atoms with Gasteiger partial charge in [0.25, 0.3) is 0 Å². The number of amides is 1. The summed E-state index contributed by atoms with van der Waals surface area (Å²) in [7, 11) is 0. The molecule has 0 aliphatic carbocycles. The van der Waals surface area contributed by atoms with E-state index in [2.05, 4.69) is 10.3 Å². The van der Waals surface area contributed by atoms with Gasteiger partial charge in [0.05, 0.1) is 12.1 Å². The Hall–Kier alpha value is -3.08. The summed E-state index contributed by atoms with van der Waals surface area (Å²) in [5.74, 6) is 1.36. The van der Waals surface area contributed by atoms with E-state index in [1.54, 1.807) is 13.1 Å². The summed E-state index contributed by atoms with van der Waals surface area (Å²) in [4.78, 5) is 16.9. The molecule has 1 amide bonds. The highest BCUT2D eigenvalue weighted by atomic mass is 16.5. The molecule has 5 heteroatoms. The molecule has 5 nitrogen and oxygen atoms in total. The molecule has 0 atom stereocenters. The third kappa shape index (κ3) is 2.36. The Bertz CT molecular complexity index is 840. The summed E-state index contributed by atoms with van der Waals surface area (Å²) in [6.07, 6.45) is 1.57. The fourth-order valence-corrected chi connectivity index (χ4v) is 2.78. The standard InChI is InChI=1S/C18H14N2O3/c1-11-10-19-18(22-11)20-17(21)16-12-6-2-4-8-14(12)23-15-9-5-3-7-13(15)16/h2-10,16H,1H3,(H,19,20,21). The minimum Gasteiger partial charge on any atom is -0.457 e. The normalized spacial score (nSPS) is 12.9. The van der Waals surface area contributed by atoms with Crippen molar-refractivity contribution in [2.75, 3.05) is 5.32 Å². The van der Waals surface area contributed by atoms with Crippen molar-refractivity contribution in [3.05, 3.63) is 71.6 Å². The molecule has 23 heavy (non-hydrogen) atoms. The number of benzene rings is 2. The SMILES string of the molecule is Cc1cnc(NC(=O)C2c3ccccc3Oc3ccccc32)o1. The number of carbonyl (C=O) groups excluding carboxylic acids is 1. The molecule has 0 bridgehead atoms. The predicted molar refractivity (Wildman–Crippen MR) is 84.7 cm³/mol. The van der Waals surface area contributed by atoms with E-state index in [4.69, 9.17) is 9.15 Å². The molecule has 1 aliphatic heterocycles. The van der Waals surface area contributed by atoms with Crippen molar-refractivity contribution < 1.29 is 13.9 Å². The highest BCUT2D eigenvalue weighted by molar-refractivity contribution is 5.98. The quantitative estimate of drug-likeness (QED) is 0.781. The fourth-order valence-electron chi connectivity index (χ4n) is 2.78. The second kappa shape index (κ2) is 5.28. The molecular formula is C18H14N2O3. The minimum absolute atomic E-state index is 0.199. The van der Waals surface area contributed by atoms with Crippen LogP contribution in [0.4, 0.5) is 6.01 Å². The number of hydrogen-bond acceptors (Lipinski definition) is 4. The van der Waals surface area contributed by atoms with E-state index in [-0.39, 0.29) is 11.9 Å². The van der Waals surface area contributed by atoms with Crippen LogP contribution in [0.5, 0.6) is 11.5 Å². The molecule has 114 valence electrons. The summed E-state index contributed by atoms with van der Waals surface area (Å²) < 4.78 is 11.2. The molecule has 2 heterocycles. The number of nitrogens with zero attached hydrogens (tertiary/aromatic N) is 1. The van der Waals surface area contributed by atoms with Gasteiger partial charge in [0, 0.05) is 11.1 Å². The van der Waals surface area contributed by atoms with Crippen LogP contribution in [0.3, 0.4) is 0 Å². The zero-order valence-corrected chi connectivity index (χ0v) is 12.4. The fraction of sp³-hybridized carbons (Fsp3) is 0.111. The number of para-hydroxylation sites is 2. The average molecular weight is 306 g/mol. The lowest BCUT2D eigenvalue weighted by molar-refractivity contribution is -0.117. The first kappa shape index (κ1) is 13.6. The monoisotopic (exact) mass is 306 g/mol. The van der Waals surface area contributed by atoms with Crippen LogP contribution in [-0.4, -0.2) is 10.9 Å². The molecule has 0 saturated carbocycles. The first-order valence-corrected chi connectivity index (χ1v) is 7.31. The first-order valence-electron chi connectivity index (χ1n) is 7.31. The Labute approximate surface area is 132 Å². The van der Waals surface area contributed by atoms with Gasteiger partial charge in [-0.15, -0.1) is 0 Å². The third-order valence-corrected chi connectivity index (χ3v) is 3.79. The largest absolute Gasteiger partial charge is 0.457 e. The molecule has 1 N–H and O–H groups in total. The van der Waals surface area contributed by atoms with Crippen LogP contribution in [0, 0.1) is 6.92 Å². The molecule has 2 aromatic carbocycles. The van der Waals surface area contributed by atoms with E-state index in [1.807, 2.05) is 48.5 Å². The zero-order valence-electron chi connectivity index (χ0n) is 12.4. The summed E-state index contributed by atoms with van der Waals surface area (Å²) in [5.41, 5.74) is 1.65. The van der Waals surface area contributed by atoms with Crippen LogP contribution in [-0.2, 0) is 4.79 Å². The Kier molecular flexibility index (Phi) is 3.12. The van der Waals surface area contributed by atoms with Crippen molar-refractivity contribution in [3.8, 4) is 11.5 Å². The Morgan fingerprint density at radius 3 is 2.22 bits per heavy atom. The molecule has 0 saturated heterocycles. The van der Waals surface area contributed by atoms with E-state index in [9.17, 15) is 4.79 Å². The van der Waals surface area contributed by atoms with Gasteiger partial charge in [-0.25, -0.2) is 4.98 Å². The van der Waals surface area contributed by atoms with Crippen molar-refractivity contribution in [2.24, 2.45) is 0 Å². The smallest absolute Gasteiger partial charge is 0.301 e. The van der Waals surface area contributed by atoms with Crippen molar-refractivity contribution in [2.45, 2.75) is 12.8 Å². The Balaban J connectivity index is 1.76. The maximum absolute atomic E-state index is 12.8. The van der Waals surface area contributed by atoms with Gasteiger partial charge in [-0.3, -0.25) is 10.1 Å². The molecular weight excluding hydrogens is 292 g/mol. The molecule has 0 radical (unpaired) electrons. The maximum atomic E-state index is 12.8. The van der Waals surface area contributed by atoms with Crippen molar-refractivity contribution in [1.82, 2.24) is 4.98 Å². The van der Waals surface area contributed by atoms with Gasteiger partial charge in [0.15, 0.2) is 0 Å². The molecule has 1 aromatic heterocycles.